The molecule has 9 nitrogen and oxygen atoms in total. The van der Waals surface area contributed by atoms with Crippen molar-refractivity contribution in [2.75, 3.05) is 5.33 Å². The normalized spacial score (nSPS) is 30.5. The number of nitrogens with zero attached hydrogens (tertiary/aromatic N) is 3. The highest BCUT2D eigenvalue weighted by Gasteiger charge is 2.62. The molecule has 1 aromatic rings. The summed E-state index contributed by atoms with van der Waals surface area (Å²) in [5.41, 5.74) is -0.783. The average Bonchev–Trinajstić information content (AvgIpc) is 3.01. The van der Waals surface area contributed by atoms with Gasteiger partial charge < -0.3 is 4.84 Å². The number of hydrogen-bond donors (Lipinski definition) is 0. The van der Waals surface area contributed by atoms with Gasteiger partial charge in [0.15, 0.2) is 0 Å². The molecule has 2 aliphatic carbocycles. The third-order valence-corrected chi connectivity index (χ3v) is 7.47. The number of carbonyl (C=O) groups excluding carboxylic acids is 1. The molecule has 0 N–H and O–H groups in total. The SMILES string of the molecule is CC12CCC(CC1=NOC(=O)c1cc([N+](=O)[O-])cc([N+](=O)[O-])c1)C2(C)CBr. The molecular weight excluding hydrogens is 422 g/mol. The zero-order valence-corrected chi connectivity index (χ0v) is 16.4. The quantitative estimate of drug-likeness (QED) is 0.292. The first-order valence-electron chi connectivity index (χ1n) is 8.41. The van der Waals surface area contributed by atoms with Crippen LogP contribution >= 0.6 is 15.9 Å². The molecule has 0 aliphatic heterocycles. The zero-order chi connectivity index (χ0) is 20.0. The van der Waals surface area contributed by atoms with E-state index in [1.54, 1.807) is 0 Å². The van der Waals surface area contributed by atoms with Crippen LogP contribution in [0.5, 0.6) is 0 Å². The van der Waals surface area contributed by atoms with Crippen LogP contribution in [-0.4, -0.2) is 26.9 Å². The van der Waals surface area contributed by atoms with Crippen molar-refractivity contribution < 1.29 is 19.5 Å². The van der Waals surface area contributed by atoms with Crippen LogP contribution in [0.4, 0.5) is 11.4 Å². The minimum atomic E-state index is -0.957. The summed E-state index contributed by atoms with van der Waals surface area (Å²) >= 11 is 3.59. The molecule has 2 aliphatic rings. The average molecular weight is 440 g/mol. The summed E-state index contributed by atoms with van der Waals surface area (Å²) in [6.45, 7) is 4.29. The van der Waals surface area contributed by atoms with Gasteiger partial charge >= 0.3 is 5.97 Å². The summed E-state index contributed by atoms with van der Waals surface area (Å²) in [6, 6.07) is 2.68. The maximum Gasteiger partial charge on any atom is 0.366 e. The molecule has 0 saturated heterocycles. The van der Waals surface area contributed by atoms with Crippen LogP contribution in [0.3, 0.4) is 0 Å². The van der Waals surface area contributed by atoms with Crippen molar-refractivity contribution in [3.8, 4) is 0 Å². The fourth-order valence-electron chi connectivity index (χ4n) is 4.25. The zero-order valence-electron chi connectivity index (χ0n) is 14.8. The van der Waals surface area contributed by atoms with Crippen LogP contribution in [-0.2, 0) is 4.84 Å². The van der Waals surface area contributed by atoms with E-state index in [2.05, 4.69) is 34.9 Å². The van der Waals surface area contributed by atoms with E-state index in [0.29, 0.717) is 5.92 Å². The summed E-state index contributed by atoms with van der Waals surface area (Å²) in [5, 5.41) is 26.8. The van der Waals surface area contributed by atoms with E-state index in [9.17, 15) is 25.0 Å². The molecule has 0 spiro atoms. The number of carbonyl (C=O) groups is 1. The van der Waals surface area contributed by atoms with Gasteiger partial charge in [0.05, 0.1) is 27.2 Å². The standard InChI is InChI=1S/C17H18BrN3O6/c1-16-4-3-11(17(16,2)9-18)7-14(16)19-27-15(22)10-5-12(20(23)24)8-13(6-10)21(25)26/h5-6,8,11H,3-4,7,9H2,1-2H3. The van der Waals surface area contributed by atoms with E-state index in [1.807, 2.05) is 0 Å². The molecule has 0 heterocycles. The van der Waals surface area contributed by atoms with Gasteiger partial charge in [-0.15, -0.1) is 0 Å². The summed E-state index contributed by atoms with van der Waals surface area (Å²) in [5.74, 6) is -0.514. The van der Waals surface area contributed by atoms with Crippen molar-refractivity contribution in [3.63, 3.8) is 0 Å². The molecule has 27 heavy (non-hydrogen) atoms. The Kier molecular flexibility index (Phi) is 4.79. The van der Waals surface area contributed by atoms with Gasteiger partial charge in [-0.25, -0.2) is 4.79 Å². The Morgan fingerprint density at radius 2 is 1.85 bits per heavy atom. The number of fused-ring (bicyclic) bond motifs is 2. The van der Waals surface area contributed by atoms with Crippen molar-refractivity contribution in [2.24, 2.45) is 21.9 Å². The molecular formula is C17H18BrN3O6. The van der Waals surface area contributed by atoms with Crippen LogP contribution in [0.1, 0.15) is 43.5 Å². The summed E-state index contributed by atoms with van der Waals surface area (Å²) in [6.07, 6.45) is 2.75. The van der Waals surface area contributed by atoms with E-state index in [1.165, 1.54) is 0 Å². The van der Waals surface area contributed by atoms with Gasteiger partial charge in [-0.05, 0) is 30.6 Å². The summed E-state index contributed by atoms with van der Waals surface area (Å²) in [4.78, 5) is 37.6. The number of nitro benzene ring substituents is 2. The lowest BCUT2D eigenvalue weighted by molar-refractivity contribution is -0.394. The second kappa shape index (κ2) is 6.66. The molecule has 3 rings (SSSR count). The molecule has 10 heteroatoms. The van der Waals surface area contributed by atoms with Gasteiger partial charge in [0, 0.05) is 22.9 Å². The predicted molar refractivity (Wildman–Crippen MR) is 100.0 cm³/mol. The molecule has 0 amide bonds. The summed E-state index contributed by atoms with van der Waals surface area (Å²) < 4.78 is 0. The third kappa shape index (κ3) is 3.01. The summed E-state index contributed by atoms with van der Waals surface area (Å²) in [7, 11) is 0. The first-order chi connectivity index (χ1) is 12.6. The lowest BCUT2D eigenvalue weighted by Gasteiger charge is -2.36. The molecule has 144 valence electrons. The maximum atomic E-state index is 12.3. The first kappa shape index (κ1) is 19.4. The van der Waals surface area contributed by atoms with Crippen molar-refractivity contribution in [1.82, 2.24) is 0 Å². The molecule has 0 radical (unpaired) electrons. The Balaban J connectivity index is 1.86. The molecule has 1 aromatic carbocycles. The van der Waals surface area contributed by atoms with Crippen molar-refractivity contribution in [3.05, 3.63) is 44.0 Å². The highest BCUT2D eigenvalue weighted by molar-refractivity contribution is 9.09. The van der Waals surface area contributed by atoms with Gasteiger partial charge in [0.2, 0.25) is 0 Å². The molecule has 2 bridgehead atoms. The van der Waals surface area contributed by atoms with Crippen molar-refractivity contribution >= 4 is 39.0 Å². The van der Waals surface area contributed by atoms with Gasteiger partial charge in [0.25, 0.3) is 11.4 Å². The van der Waals surface area contributed by atoms with Crippen molar-refractivity contribution in [1.29, 1.82) is 0 Å². The first-order valence-corrected chi connectivity index (χ1v) is 9.53. The van der Waals surface area contributed by atoms with Gasteiger partial charge in [-0.2, -0.15) is 0 Å². The number of oxime groups is 1. The predicted octanol–water partition coefficient (Wildman–Crippen LogP) is 4.24. The maximum absolute atomic E-state index is 12.3. The molecule has 3 unspecified atom stereocenters. The number of benzene rings is 1. The Hall–Kier alpha value is -2.36. The third-order valence-electron chi connectivity index (χ3n) is 6.31. The van der Waals surface area contributed by atoms with E-state index in [4.69, 9.17) is 4.84 Å². The Labute approximate surface area is 163 Å². The number of rotatable bonds is 5. The van der Waals surface area contributed by atoms with E-state index in [-0.39, 0.29) is 16.4 Å². The van der Waals surface area contributed by atoms with Gasteiger partial charge in [-0.1, -0.05) is 34.9 Å². The Bertz CT molecular complexity index is 840. The largest absolute Gasteiger partial charge is 0.366 e. The highest BCUT2D eigenvalue weighted by atomic mass is 79.9. The monoisotopic (exact) mass is 439 g/mol. The Morgan fingerprint density at radius 3 is 2.33 bits per heavy atom. The topological polar surface area (TPSA) is 125 Å². The minimum absolute atomic E-state index is 0.0164. The minimum Gasteiger partial charge on any atom is -0.313 e. The van der Waals surface area contributed by atoms with E-state index in [0.717, 1.165) is 48.5 Å². The second-order valence-corrected chi connectivity index (χ2v) is 8.05. The molecule has 2 fully saturated rings. The molecule has 2 saturated carbocycles. The van der Waals surface area contributed by atoms with Gasteiger partial charge in [0.1, 0.15) is 0 Å². The van der Waals surface area contributed by atoms with E-state index < -0.39 is 27.2 Å². The molecule has 0 aromatic heterocycles. The van der Waals surface area contributed by atoms with Crippen LogP contribution < -0.4 is 0 Å². The number of halogens is 1. The molecule has 3 atom stereocenters. The fourth-order valence-corrected chi connectivity index (χ4v) is 5.32. The second-order valence-electron chi connectivity index (χ2n) is 7.49. The number of nitro groups is 2. The fraction of sp³-hybridized carbons (Fsp3) is 0.529. The lowest BCUT2D eigenvalue weighted by Crippen LogP contribution is -2.36. The number of alkyl halides is 1. The van der Waals surface area contributed by atoms with Crippen LogP contribution in [0.25, 0.3) is 0 Å². The smallest absolute Gasteiger partial charge is 0.313 e. The van der Waals surface area contributed by atoms with Crippen LogP contribution in [0.2, 0.25) is 0 Å². The van der Waals surface area contributed by atoms with Crippen LogP contribution in [0, 0.1) is 37.0 Å². The number of non-ortho nitro benzene ring substituents is 2. The Morgan fingerprint density at radius 1 is 1.26 bits per heavy atom. The van der Waals surface area contributed by atoms with Crippen molar-refractivity contribution in [2.45, 2.75) is 33.1 Å². The number of hydrogen-bond acceptors (Lipinski definition) is 7. The van der Waals surface area contributed by atoms with Gasteiger partial charge in [-0.3, -0.25) is 20.2 Å². The highest BCUT2D eigenvalue weighted by Crippen LogP contribution is 2.64. The van der Waals surface area contributed by atoms with Crippen LogP contribution in [0.15, 0.2) is 23.4 Å². The lowest BCUT2D eigenvalue weighted by atomic mass is 9.70. The van der Waals surface area contributed by atoms with E-state index >= 15 is 0 Å².